The zero-order valence-electron chi connectivity index (χ0n) is 17.6. The number of benzene rings is 1. The highest BCUT2D eigenvalue weighted by molar-refractivity contribution is 5.68. The zero-order valence-corrected chi connectivity index (χ0v) is 17.6. The van der Waals surface area contributed by atoms with Crippen molar-refractivity contribution in [1.82, 2.24) is 14.7 Å². The van der Waals surface area contributed by atoms with Gasteiger partial charge in [0, 0.05) is 37.0 Å². The Morgan fingerprint density at radius 3 is 2.62 bits per heavy atom. The van der Waals surface area contributed by atoms with Crippen LogP contribution in [0, 0.1) is 18.7 Å². The first kappa shape index (κ1) is 21.3. The van der Waals surface area contributed by atoms with E-state index in [-0.39, 0.29) is 12.7 Å². The second-order valence-corrected chi connectivity index (χ2v) is 8.78. The molecule has 0 radical (unpaired) electrons. The van der Waals surface area contributed by atoms with Crippen molar-refractivity contribution >= 4 is 6.09 Å². The van der Waals surface area contributed by atoms with Gasteiger partial charge in [-0.15, -0.1) is 0 Å². The molecule has 2 aromatic rings. The number of hydrogen-bond acceptors (Lipinski definition) is 4. The van der Waals surface area contributed by atoms with Gasteiger partial charge in [-0.1, -0.05) is 6.07 Å². The number of aliphatic hydroxyl groups is 1. The largest absolute Gasteiger partial charge is 0.444 e. The second kappa shape index (κ2) is 8.53. The summed E-state index contributed by atoms with van der Waals surface area (Å²) >= 11 is 0. The van der Waals surface area contributed by atoms with Crippen LogP contribution >= 0.6 is 0 Å². The average Bonchev–Trinajstić information content (AvgIpc) is 3.10. The van der Waals surface area contributed by atoms with Crippen LogP contribution in [-0.2, 0) is 17.9 Å². The van der Waals surface area contributed by atoms with Crippen LogP contribution in [0.1, 0.15) is 44.7 Å². The highest BCUT2D eigenvalue weighted by Gasteiger charge is 2.27. The summed E-state index contributed by atoms with van der Waals surface area (Å²) in [6.45, 7) is 9.33. The number of likely N-dealkylation sites (tertiary alicyclic amines) is 1. The summed E-state index contributed by atoms with van der Waals surface area (Å²) in [5.74, 6) is 0.0198. The molecule has 1 amide bonds. The van der Waals surface area contributed by atoms with Gasteiger partial charge in [-0.25, -0.2) is 9.18 Å². The van der Waals surface area contributed by atoms with E-state index in [1.165, 1.54) is 6.07 Å². The molecule has 1 saturated heterocycles. The van der Waals surface area contributed by atoms with Crippen LogP contribution in [0.25, 0.3) is 11.1 Å². The molecule has 0 spiro atoms. The van der Waals surface area contributed by atoms with Gasteiger partial charge in [0.25, 0.3) is 0 Å². The van der Waals surface area contributed by atoms with Gasteiger partial charge < -0.3 is 14.7 Å². The lowest BCUT2D eigenvalue weighted by Gasteiger charge is -2.33. The van der Waals surface area contributed by atoms with Crippen molar-refractivity contribution in [1.29, 1.82) is 0 Å². The predicted molar refractivity (Wildman–Crippen MR) is 109 cm³/mol. The highest BCUT2D eigenvalue weighted by atomic mass is 19.1. The standard InChI is InChI=1S/C22H30FN3O3/c1-15-9-17(14-27)20(23)10-19(15)18-11-24-26(13-18)12-16-5-7-25(8-6-16)21(28)29-22(2,3)4/h9-11,13,16,27H,5-8,12,14H2,1-4H3. The number of piperidine rings is 1. The third kappa shape index (κ3) is 5.35. The molecule has 1 aliphatic heterocycles. The van der Waals surface area contributed by atoms with E-state index in [9.17, 15) is 14.3 Å². The predicted octanol–water partition coefficient (Wildman–Crippen LogP) is 4.14. The summed E-state index contributed by atoms with van der Waals surface area (Å²) in [5.41, 5.74) is 2.37. The number of carbonyl (C=O) groups is 1. The summed E-state index contributed by atoms with van der Waals surface area (Å²) < 4.78 is 21.4. The number of hydrogen-bond donors (Lipinski definition) is 1. The lowest BCUT2D eigenvalue weighted by Crippen LogP contribution is -2.42. The molecule has 1 fully saturated rings. The monoisotopic (exact) mass is 403 g/mol. The first-order valence-corrected chi connectivity index (χ1v) is 10.1. The van der Waals surface area contributed by atoms with Crippen LogP contribution < -0.4 is 0 Å². The van der Waals surface area contributed by atoms with E-state index in [1.54, 1.807) is 17.2 Å². The molecular weight excluding hydrogens is 373 g/mol. The summed E-state index contributed by atoms with van der Waals surface area (Å²) in [7, 11) is 0. The van der Waals surface area contributed by atoms with Crippen LogP contribution in [-0.4, -0.2) is 44.6 Å². The number of aliphatic hydroxyl groups excluding tert-OH is 1. The molecular formula is C22H30FN3O3. The maximum atomic E-state index is 14.1. The van der Waals surface area contributed by atoms with E-state index in [0.717, 1.165) is 36.1 Å². The Morgan fingerprint density at radius 1 is 1.31 bits per heavy atom. The van der Waals surface area contributed by atoms with Crippen LogP contribution in [0.15, 0.2) is 24.5 Å². The normalized spacial score (nSPS) is 15.6. The fourth-order valence-electron chi connectivity index (χ4n) is 3.67. The van der Waals surface area contributed by atoms with Crippen LogP contribution in [0.2, 0.25) is 0 Å². The van der Waals surface area contributed by atoms with Gasteiger partial charge in [0.2, 0.25) is 0 Å². The Hall–Kier alpha value is -2.41. The lowest BCUT2D eigenvalue weighted by atomic mass is 9.97. The van der Waals surface area contributed by atoms with Crippen molar-refractivity contribution in [2.24, 2.45) is 5.92 Å². The smallest absolute Gasteiger partial charge is 0.410 e. The zero-order chi connectivity index (χ0) is 21.2. The van der Waals surface area contributed by atoms with Crippen molar-refractivity contribution in [3.05, 3.63) is 41.5 Å². The van der Waals surface area contributed by atoms with Crippen LogP contribution in [0.3, 0.4) is 0 Å². The number of halogens is 1. The van der Waals surface area contributed by atoms with Gasteiger partial charge in [0.15, 0.2) is 0 Å². The molecule has 29 heavy (non-hydrogen) atoms. The van der Waals surface area contributed by atoms with Gasteiger partial charge in [-0.2, -0.15) is 5.10 Å². The van der Waals surface area contributed by atoms with Gasteiger partial charge in [0.1, 0.15) is 11.4 Å². The third-order valence-corrected chi connectivity index (χ3v) is 5.22. The summed E-state index contributed by atoms with van der Waals surface area (Å²) in [6, 6.07) is 3.13. The molecule has 6 nitrogen and oxygen atoms in total. The van der Waals surface area contributed by atoms with Crippen LogP contribution in [0.5, 0.6) is 0 Å². The van der Waals surface area contributed by atoms with Crippen molar-refractivity contribution in [3.63, 3.8) is 0 Å². The number of aromatic nitrogens is 2. The minimum atomic E-state index is -0.480. The van der Waals surface area contributed by atoms with Crippen LogP contribution in [0.4, 0.5) is 9.18 Å². The van der Waals surface area contributed by atoms with Crippen molar-refractivity contribution in [3.8, 4) is 11.1 Å². The maximum Gasteiger partial charge on any atom is 0.410 e. The molecule has 1 aromatic heterocycles. The summed E-state index contributed by atoms with van der Waals surface area (Å²) in [6.07, 6.45) is 5.22. The lowest BCUT2D eigenvalue weighted by molar-refractivity contribution is 0.0177. The first-order valence-electron chi connectivity index (χ1n) is 10.1. The summed E-state index contributed by atoms with van der Waals surface area (Å²) in [4.78, 5) is 14.0. The molecule has 1 aromatic carbocycles. The Labute approximate surface area is 171 Å². The van der Waals surface area contributed by atoms with Gasteiger partial charge >= 0.3 is 6.09 Å². The Morgan fingerprint density at radius 2 is 2.00 bits per heavy atom. The van der Waals surface area contributed by atoms with E-state index in [0.29, 0.717) is 24.6 Å². The number of nitrogens with zero attached hydrogens (tertiary/aromatic N) is 3. The Bertz CT molecular complexity index is 865. The Kier molecular flexibility index (Phi) is 6.27. The van der Waals surface area contributed by atoms with Gasteiger partial charge in [0.05, 0.1) is 12.8 Å². The quantitative estimate of drug-likeness (QED) is 0.833. The second-order valence-electron chi connectivity index (χ2n) is 8.78. The van der Waals surface area contributed by atoms with Gasteiger partial charge in [-0.3, -0.25) is 4.68 Å². The number of amides is 1. The van der Waals surface area contributed by atoms with Gasteiger partial charge in [-0.05, 0) is 63.6 Å². The molecule has 158 valence electrons. The molecule has 0 atom stereocenters. The minimum Gasteiger partial charge on any atom is -0.444 e. The minimum absolute atomic E-state index is 0.249. The van der Waals surface area contributed by atoms with E-state index >= 15 is 0 Å². The molecule has 7 heteroatoms. The van der Waals surface area contributed by atoms with Crippen molar-refractivity contribution in [2.75, 3.05) is 13.1 Å². The van der Waals surface area contributed by atoms with E-state index in [2.05, 4.69) is 5.10 Å². The SMILES string of the molecule is Cc1cc(CO)c(F)cc1-c1cnn(CC2CCN(C(=O)OC(C)(C)C)CC2)c1. The maximum absolute atomic E-state index is 14.1. The third-order valence-electron chi connectivity index (χ3n) is 5.22. The average molecular weight is 403 g/mol. The number of aryl methyl sites for hydroxylation is 1. The van der Waals surface area contributed by atoms with Crippen molar-refractivity contribution in [2.45, 2.75) is 59.3 Å². The molecule has 0 bridgehead atoms. The Balaban J connectivity index is 1.59. The molecule has 0 aliphatic carbocycles. The fourth-order valence-corrected chi connectivity index (χ4v) is 3.67. The van der Waals surface area contributed by atoms with E-state index in [1.807, 2.05) is 38.6 Å². The first-order chi connectivity index (χ1) is 13.7. The number of carbonyl (C=O) groups excluding carboxylic acids is 1. The summed E-state index contributed by atoms with van der Waals surface area (Å²) in [5, 5.41) is 13.7. The molecule has 3 rings (SSSR count). The number of rotatable bonds is 4. The molecule has 2 heterocycles. The molecule has 0 saturated carbocycles. The fraction of sp³-hybridized carbons (Fsp3) is 0.545. The molecule has 1 aliphatic rings. The topological polar surface area (TPSA) is 67.6 Å². The molecule has 1 N–H and O–H groups in total. The van der Waals surface area contributed by atoms with E-state index in [4.69, 9.17) is 4.74 Å². The molecule has 0 unspecified atom stereocenters. The number of ether oxygens (including phenoxy) is 1. The van der Waals surface area contributed by atoms with E-state index < -0.39 is 11.4 Å². The van der Waals surface area contributed by atoms with Crippen molar-refractivity contribution < 1.29 is 19.0 Å². The highest BCUT2D eigenvalue weighted by Crippen LogP contribution is 2.27.